The minimum Gasteiger partial charge on any atom is -0.507 e. The SMILES string of the molecule is CCCc1cccc([C@@H](C)CC)c1O. The van der Waals surface area contributed by atoms with E-state index in [9.17, 15) is 5.11 Å². The molecule has 0 amide bonds. The van der Waals surface area contributed by atoms with E-state index in [0.29, 0.717) is 11.7 Å². The van der Waals surface area contributed by atoms with E-state index in [-0.39, 0.29) is 0 Å². The summed E-state index contributed by atoms with van der Waals surface area (Å²) in [5.74, 6) is 0.968. The van der Waals surface area contributed by atoms with Crippen molar-refractivity contribution in [3.63, 3.8) is 0 Å². The minimum absolute atomic E-state index is 0.451. The molecule has 1 aromatic rings. The van der Waals surface area contributed by atoms with Gasteiger partial charge in [0.25, 0.3) is 0 Å². The van der Waals surface area contributed by atoms with E-state index in [4.69, 9.17) is 0 Å². The second-order valence-electron chi connectivity index (χ2n) is 3.91. The van der Waals surface area contributed by atoms with Crippen LogP contribution in [0.1, 0.15) is 50.7 Å². The van der Waals surface area contributed by atoms with Gasteiger partial charge in [-0.15, -0.1) is 0 Å². The van der Waals surface area contributed by atoms with Crippen LogP contribution in [0.5, 0.6) is 5.75 Å². The average molecular weight is 192 g/mol. The molecule has 0 aliphatic heterocycles. The Labute approximate surface area is 86.8 Å². The summed E-state index contributed by atoms with van der Waals surface area (Å²) in [5.41, 5.74) is 2.18. The Morgan fingerprint density at radius 3 is 2.57 bits per heavy atom. The van der Waals surface area contributed by atoms with Crippen molar-refractivity contribution in [2.45, 2.75) is 46.0 Å². The predicted molar refractivity (Wildman–Crippen MR) is 60.8 cm³/mol. The van der Waals surface area contributed by atoms with Crippen molar-refractivity contribution in [2.75, 3.05) is 0 Å². The fourth-order valence-corrected chi connectivity index (χ4v) is 1.70. The molecule has 14 heavy (non-hydrogen) atoms. The first kappa shape index (κ1) is 11.1. The van der Waals surface area contributed by atoms with Gasteiger partial charge in [0, 0.05) is 0 Å². The molecule has 0 fully saturated rings. The van der Waals surface area contributed by atoms with Crippen LogP contribution >= 0.6 is 0 Å². The zero-order valence-corrected chi connectivity index (χ0v) is 9.38. The number of hydrogen-bond acceptors (Lipinski definition) is 1. The smallest absolute Gasteiger partial charge is 0.122 e. The Balaban J connectivity index is 3.00. The first-order valence-electron chi connectivity index (χ1n) is 5.51. The highest BCUT2D eigenvalue weighted by molar-refractivity contribution is 5.42. The van der Waals surface area contributed by atoms with E-state index in [1.54, 1.807) is 0 Å². The van der Waals surface area contributed by atoms with Gasteiger partial charge >= 0.3 is 0 Å². The van der Waals surface area contributed by atoms with E-state index >= 15 is 0 Å². The Bertz CT molecular complexity index is 291. The molecule has 1 rings (SSSR count). The molecule has 0 radical (unpaired) electrons. The number of para-hydroxylation sites is 1. The van der Waals surface area contributed by atoms with Crippen molar-refractivity contribution < 1.29 is 5.11 Å². The highest BCUT2D eigenvalue weighted by Gasteiger charge is 2.10. The van der Waals surface area contributed by atoms with Crippen LogP contribution in [-0.4, -0.2) is 5.11 Å². The lowest BCUT2D eigenvalue weighted by atomic mass is 9.94. The van der Waals surface area contributed by atoms with Crippen molar-refractivity contribution in [1.82, 2.24) is 0 Å². The lowest BCUT2D eigenvalue weighted by molar-refractivity contribution is 0.454. The van der Waals surface area contributed by atoms with Gasteiger partial charge in [-0.1, -0.05) is 45.4 Å². The lowest BCUT2D eigenvalue weighted by Crippen LogP contribution is -1.95. The number of phenolic OH excluding ortho intramolecular Hbond substituents is 1. The van der Waals surface area contributed by atoms with Gasteiger partial charge in [-0.25, -0.2) is 0 Å². The van der Waals surface area contributed by atoms with Crippen LogP contribution in [0.4, 0.5) is 0 Å². The second kappa shape index (κ2) is 5.04. The van der Waals surface area contributed by atoms with Gasteiger partial charge in [-0.2, -0.15) is 0 Å². The maximum atomic E-state index is 10.0. The molecule has 1 aromatic carbocycles. The Hall–Kier alpha value is -0.980. The molecule has 0 unspecified atom stereocenters. The molecule has 1 N–H and O–H groups in total. The summed E-state index contributed by atoms with van der Waals surface area (Å²) in [6.45, 7) is 6.44. The molecule has 0 saturated carbocycles. The fourth-order valence-electron chi connectivity index (χ4n) is 1.70. The summed E-state index contributed by atoms with van der Waals surface area (Å²) in [4.78, 5) is 0. The summed E-state index contributed by atoms with van der Waals surface area (Å²) in [6.07, 6.45) is 3.12. The third-order valence-electron chi connectivity index (χ3n) is 2.81. The first-order valence-corrected chi connectivity index (χ1v) is 5.51. The predicted octanol–water partition coefficient (Wildman–Crippen LogP) is 3.86. The zero-order valence-electron chi connectivity index (χ0n) is 9.38. The van der Waals surface area contributed by atoms with Gasteiger partial charge in [0.15, 0.2) is 0 Å². The van der Waals surface area contributed by atoms with Crippen molar-refractivity contribution >= 4 is 0 Å². The molecule has 0 aliphatic rings. The summed E-state index contributed by atoms with van der Waals surface area (Å²) in [5, 5.41) is 10.0. The Morgan fingerprint density at radius 1 is 1.29 bits per heavy atom. The highest BCUT2D eigenvalue weighted by atomic mass is 16.3. The third kappa shape index (κ3) is 2.28. The highest BCUT2D eigenvalue weighted by Crippen LogP contribution is 2.31. The van der Waals surface area contributed by atoms with Crippen LogP contribution in [0.2, 0.25) is 0 Å². The molecule has 0 aliphatic carbocycles. The van der Waals surface area contributed by atoms with Gasteiger partial charge in [0.1, 0.15) is 5.75 Å². The van der Waals surface area contributed by atoms with E-state index in [2.05, 4.69) is 20.8 Å². The van der Waals surface area contributed by atoms with E-state index < -0.39 is 0 Å². The molecule has 1 heteroatoms. The summed E-state index contributed by atoms with van der Waals surface area (Å²) in [7, 11) is 0. The van der Waals surface area contributed by atoms with Crippen molar-refractivity contribution in [3.8, 4) is 5.75 Å². The van der Waals surface area contributed by atoms with E-state index in [0.717, 1.165) is 30.4 Å². The number of aromatic hydroxyl groups is 1. The van der Waals surface area contributed by atoms with Crippen molar-refractivity contribution in [1.29, 1.82) is 0 Å². The van der Waals surface area contributed by atoms with E-state index in [1.165, 1.54) is 0 Å². The Morgan fingerprint density at radius 2 is 2.00 bits per heavy atom. The van der Waals surface area contributed by atoms with Gasteiger partial charge < -0.3 is 5.11 Å². The molecule has 0 saturated heterocycles. The normalized spacial score (nSPS) is 12.8. The first-order chi connectivity index (χ1) is 6.70. The molecular formula is C13H20O. The number of hydrogen-bond donors (Lipinski definition) is 1. The van der Waals surface area contributed by atoms with Gasteiger partial charge in [0.2, 0.25) is 0 Å². The zero-order chi connectivity index (χ0) is 10.6. The van der Waals surface area contributed by atoms with Gasteiger partial charge in [-0.3, -0.25) is 0 Å². The summed E-state index contributed by atoms with van der Waals surface area (Å²) in [6, 6.07) is 6.10. The van der Waals surface area contributed by atoms with Crippen LogP contribution in [0.15, 0.2) is 18.2 Å². The quantitative estimate of drug-likeness (QED) is 0.768. The molecule has 0 bridgehead atoms. The maximum absolute atomic E-state index is 10.0. The lowest BCUT2D eigenvalue weighted by Gasteiger charge is -2.13. The monoisotopic (exact) mass is 192 g/mol. The molecule has 0 spiro atoms. The molecule has 1 nitrogen and oxygen atoms in total. The third-order valence-corrected chi connectivity index (χ3v) is 2.81. The second-order valence-corrected chi connectivity index (χ2v) is 3.91. The minimum atomic E-state index is 0.451. The Kier molecular flexibility index (Phi) is 3.99. The summed E-state index contributed by atoms with van der Waals surface area (Å²) >= 11 is 0. The molecule has 0 aromatic heterocycles. The maximum Gasteiger partial charge on any atom is 0.122 e. The fraction of sp³-hybridized carbons (Fsp3) is 0.538. The molecule has 78 valence electrons. The van der Waals surface area contributed by atoms with E-state index in [1.807, 2.05) is 18.2 Å². The summed E-state index contributed by atoms with van der Waals surface area (Å²) < 4.78 is 0. The number of benzene rings is 1. The van der Waals surface area contributed by atoms with Crippen LogP contribution in [0.25, 0.3) is 0 Å². The van der Waals surface area contributed by atoms with Crippen molar-refractivity contribution in [2.24, 2.45) is 0 Å². The van der Waals surface area contributed by atoms with Crippen LogP contribution < -0.4 is 0 Å². The molecule has 0 heterocycles. The van der Waals surface area contributed by atoms with Crippen LogP contribution in [0.3, 0.4) is 0 Å². The average Bonchev–Trinajstić information content (AvgIpc) is 2.20. The van der Waals surface area contributed by atoms with Crippen LogP contribution in [-0.2, 0) is 6.42 Å². The van der Waals surface area contributed by atoms with Gasteiger partial charge in [-0.05, 0) is 29.9 Å². The van der Waals surface area contributed by atoms with Gasteiger partial charge in [0.05, 0.1) is 0 Å². The van der Waals surface area contributed by atoms with Crippen molar-refractivity contribution in [3.05, 3.63) is 29.3 Å². The number of aryl methyl sites for hydroxylation is 1. The van der Waals surface area contributed by atoms with Crippen LogP contribution in [0, 0.1) is 0 Å². The number of phenols is 1. The molecule has 1 atom stereocenters. The molecular weight excluding hydrogens is 172 g/mol. The standard InChI is InChI=1S/C13H20O/c1-4-7-11-8-6-9-12(13(11)14)10(3)5-2/h6,8-10,14H,4-5,7H2,1-3H3/t10-/m0/s1. The largest absolute Gasteiger partial charge is 0.507 e. The number of rotatable bonds is 4. The topological polar surface area (TPSA) is 20.2 Å².